The zero-order valence-corrected chi connectivity index (χ0v) is 12.5. The summed E-state index contributed by atoms with van der Waals surface area (Å²) >= 11 is 0. The van der Waals surface area contributed by atoms with E-state index in [1.54, 1.807) is 6.92 Å². The Labute approximate surface area is 131 Å². The zero-order chi connectivity index (χ0) is 17.1. The lowest BCUT2D eigenvalue weighted by Gasteiger charge is -2.16. The van der Waals surface area contributed by atoms with Crippen molar-refractivity contribution in [3.8, 4) is 0 Å². The van der Waals surface area contributed by atoms with Crippen LogP contribution in [0.15, 0.2) is 36.4 Å². The third-order valence-electron chi connectivity index (χ3n) is 3.42. The summed E-state index contributed by atoms with van der Waals surface area (Å²) in [5.74, 6) is -2.23. The molecule has 0 radical (unpaired) electrons. The van der Waals surface area contributed by atoms with Gasteiger partial charge in [-0.25, -0.2) is 8.78 Å². The number of anilines is 1. The number of ketones is 1. The molecule has 0 saturated carbocycles. The highest BCUT2D eigenvalue weighted by molar-refractivity contribution is 5.95. The molecule has 0 aliphatic rings. The van der Waals surface area contributed by atoms with Crippen molar-refractivity contribution >= 4 is 17.2 Å². The predicted molar refractivity (Wildman–Crippen MR) is 81.5 cm³/mol. The molecule has 0 spiro atoms. The second-order valence-electron chi connectivity index (χ2n) is 5.08. The van der Waals surface area contributed by atoms with Crippen molar-refractivity contribution in [1.29, 1.82) is 0 Å². The van der Waals surface area contributed by atoms with Crippen LogP contribution < -0.4 is 5.32 Å². The van der Waals surface area contributed by atoms with Gasteiger partial charge in [0.05, 0.1) is 4.92 Å². The first-order chi connectivity index (χ1) is 10.8. The number of nitrogens with zero attached hydrogens (tertiary/aromatic N) is 1. The minimum Gasteiger partial charge on any atom is -0.373 e. The van der Waals surface area contributed by atoms with Crippen LogP contribution in [0.25, 0.3) is 0 Å². The summed E-state index contributed by atoms with van der Waals surface area (Å²) in [6, 6.07) is 7.00. The largest absolute Gasteiger partial charge is 0.373 e. The van der Waals surface area contributed by atoms with Gasteiger partial charge in [-0.1, -0.05) is 6.07 Å². The van der Waals surface area contributed by atoms with Gasteiger partial charge in [-0.05, 0) is 43.7 Å². The van der Waals surface area contributed by atoms with E-state index in [9.17, 15) is 23.7 Å². The highest BCUT2D eigenvalue weighted by Crippen LogP contribution is 2.29. The number of halogens is 2. The first-order valence-corrected chi connectivity index (χ1v) is 6.80. The number of hydrogen-bond donors (Lipinski definition) is 1. The maximum Gasteiger partial charge on any atom is 0.293 e. The highest BCUT2D eigenvalue weighted by atomic mass is 19.2. The van der Waals surface area contributed by atoms with E-state index in [1.807, 2.05) is 0 Å². The third kappa shape index (κ3) is 3.68. The molecule has 2 aromatic carbocycles. The number of nitro benzene ring substituents is 1. The quantitative estimate of drug-likeness (QED) is 0.508. The molecule has 0 saturated heterocycles. The van der Waals surface area contributed by atoms with Crippen molar-refractivity contribution in [1.82, 2.24) is 0 Å². The fourth-order valence-electron chi connectivity index (χ4n) is 2.12. The lowest BCUT2D eigenvalue weighted by molar-refractivity contribution is -0.384. The number of carbonyl (C=O) groups excluding carboxylic acids is 1. The average Bonchev–Trinajstić information content (AvgIpc) is 2.49. The molecular weight excluding hydrogens is 306 g/mol. The number of hydrogen-bond acceptors (Lipinski definition) is 4. The van der Waals surface area contributed by atoms with Crippen LogP contribution in [0, 0.1) is 21.7 Å². The molecule has 120 valence electrons. The molecule has 1 N–H and O–H groups in total. The highest BCUT2D eigenvalue weighted by Gasteiger charge is 2.18. The first-order valence-electron chi connectivity index (χ1n) is 6.80. The van der Waals surface area contributed by atoms with Crippen molar-refractivity contribution < 1.29 is 18.5 Å². The Kier molecular flexibility index (Phi) is 4.68. The van der Waals surface area contributed by atoms with E-state index in [-0.39, 0.29) is 22.7 Å². The fourth-order valence-corrected chi connectivity index (χ4v) is 2.12. The Bertz CT molecular complexity index is 778. The molecule has 23 heavy (non-hydrogen) atoms. The molecule has 5 nitrogen and oxygen atoms in total. The molecule has 2 aromatic rings. The molecule has 2 rings (SSSR count). The molecule has 0 aromatic heterocycles. The van der Waals surface area contributed by atoms with Crippen LogP contribution in [-0.2, 0) is 0 Å². The van der Waals surface area contributed by atoms with Gasteiger partial charge in [0.2, 0.25) is 0 Å². The summed E-state index contributed by atoms with van der Waals surface area (Å²) in [5, 5.41) is 14.0. The van der Waals surface area contributed by atoms with E-state index in [0.717, 1.165) is 12.1 Å². The van der Waals surface area contributed by atoms with Crippen molar-refractivity contribution in [3.05, 3.63) is 69.3 Å². The van der Waals surface area contributed by atoms with Gasteiger partial charge in [0.15, 0.2) is 17.4 Å². The lowest BCUT2D eigenvalue weighted by Crippen LogP contribution is -2.09. The van der Waals surface area contributed by atoms with E-state index in [1.165, 1.54) is 31.2 Å². The van der Waals surface area contributed by atoms with Crippen LogP contribution in [0.4, 0.5) is 20.2 Å². The smallest absolute Gasteiger partial charge is 0.293 e. The van der Waals surface area contributed by atoms with Crippen LogP contribution in [0.3, 0.4) is 0 Å². The first kappa shape index (κ1) is 16.5. The van der Waals surface area contributed by atoms with Crippen molar-refractivity contribution in [3.63, 3.8) is 0 Å². The summed E-state index contributed by atoms with van der Waals surface area (Å²) in [4.78, 5) is 21.9. The van der Waals surface area contributed by atoms with E-state index in [0.29, 0.717) is 5.56 Å². The topological polar surface area (TPSA) is 72.2 Å². The minimum atomic E-state index is -0.988. The summed E-state index contributed by atoms with van der Waals surface area (Å²) < 4.78 is 26.2. The standard InChI is InChI=1S/C16H14F2N2O3/c1-9(11-3-5-13(17)14(18)7-11)19-15-6-4-12(10(2)21)8-16(15)20(22)23/h3-9,19H,1-2H3/t9-/m0/s1. The van der Waals surface area contributed by atoms with Gasteiger partial charge < -0.3 is 5.32 Å². The predicted octanol–water partition coefficient (Wildman–Crippen LogP) is 4.25. The van der Waals surface area contributed by atoms with Crippen LogP contribution in [0.5, 0.6) is 0 Å². The molecule has 1 atom stereocenters. The van der Waals surface area contributed by atoms with E-state index in [2.05, 4.69) is 5.32 Å². The third-order valence-corrected chi connectivity index (χ3v) is 3.42. The maximum absolute atomic E-state index is 13.3. The second-order valence-corrected chi connectivity index (χ2v) is 5.08. The second kappa shape index (κ2) is 6.51. The van der Waals surface area contributed by atoms with Gasteiger partial charge >= 0.3 is 0 Å². The number of rotatable bonds is 5. The van der Waals surface area contributed by atoms with Gasteiger partial charge in [0.1, 0.15) is 5.69 Å². The van der Waals surface area contributed by atoms with Gasteiger partial charge in [-0.3, -0.25) is 14.9 Å². The molecule has 0 amide bonds. The van der Waals surface area contributed by atoms with Gasteiger partial charge in [0, 0.05) is 17.7 Å². The Hall–Kier alpha value is -2.83. The number of Topliss-reactive ketones (excluding diaryl/α,β-unsaturated/α-hetero) is 1. The monoisotopic (exact) mass is 320 g/mol. The molecule has 7 heteroatoms. The average molecular weight is 320 g/mol. The summed E-state index contributed by atoms with van der Waals surface area (Å²) in [6.07, 6.45) is 0. The number of carbonyl (C=O) groups is 1. The number of nitrogens with one attached hydrogen (secondary N) is 1. The maximum atomic E-state index is 13.3. The van der Waals surface area contributed by atoms with Crippen molar-refractivity contribution in [2.24, 2.45) is 0 Å². The Balaban J connectivity index is 2.33. The minimum absolute atomic E-state index is 0.192. The Morgan fingerprint density at radius 2 is 1.87 bits per heavy atom. The van der Waals surface area contributed by atoms with E-state index < -0.39 is 22.6 Å². The van der Waals surface area contributed by atoms with Gasteiger partial charge in [-0.2, -0.15) is 0 Å². The Morgan fingerprint density at radius 1 is 1.17 bits per heavy atom. The SMILES string of the molecule is CC(=O)c1ccc(N[C@@H](C)c2ccc(F)c(F)c2)c([N+](=O)[O-])c1. The van der Waals surface area contributed by atoms with E-state index in [4.69, 9.17) is 0 Å². The number of nitro groups is 1. The molecule has 0 aliphatic heterocycles. The molecule has 0 heterocycles. The molecule has 0 unspecified atom stereocenters. The van der Waals surface area contributed by atoms with Crippen LogP contribution in [0.1, 0.15) is 35.8 Å². The zero-order valence-electron chi connectivity index (χ0n) is 12.5. The van der Waals surface area contributed by atoms with Crippen LogP contribution in [0.2, 0.25) is 0 Å². The summed E-state index contributed by atoms with van der Waals surface area (Å²) in [7, 11) is 0. The normalized spacial score (nSPS) is 11.8. The number of benzene rings is 2. The van der Waals surface area contributed by atoms with Crippen LogP contribution in [-0.4, -0.2) is 10.7 Å². The van der Waals surface area contributed by atoms with Crippen LogP contribution >= 0.6 is 0 Å². The lowest BCUT2D eigenvalue weighted by atomic mass is 10.1. The summed E-state index contributed by atoms with van der Waals surface area (Å²) in [5.41, 5.74) is 0.598. The fraction of sp³-hybridized carbons (Fsp3) is 0.188. The van der Waals surface area contributed by atoms with Crippen molar-refractivity contribution in [2.45, 2.75) is 19.9 Å². The van der Waals surface area contributed by atoms with Gasteiger partial charge in [-0.15, -0.1) is 0 Å². The van der Waals surface area contributed by atoms with E-state index >= 15 is 0 Å². The molecule has 0 aliphatic carbocycles. The Morgan fingerprint density at radius 3 is 2.43 bits per heavy atom. The molecule has 0 bridgehead atoms. The summed E-state index contributed by atoms with van der Waals surface area (Å²) in [6.45, 7) is 2.98. The molecule has 0 fully saturated rings. The van der Waals surface area contributed by atoms with Gasteiger partial charge in [0.25, 0.3) is 5.69 Å². The molecular formula is C16H14F2N2O3. The van der Waals surface area contributed by atoms with Crippen molar-refractivity contribution in [2.75, 3.05) is 5.32 Å².